The van der Waals surface area contributed by atoms with Gasteiger partial charge in [0.15, 0.2) is 0 Å². The van der Waals surface area contributed by atoms with E-state index in [1.54, 1.807) is 7.11 Å². The van der Waals surface area contributed by atoms with Crippen molar-refractivity contribution in [3.8, 4) is 5.75 Å². The van der Waals surface area contributed by atoms with E-state index in [1.165, 1.54) is 24.8 Å². The van der Waals surface area contributed by atoms with Crippen molar-refractivity contribution in [1.29, 1.82) is 0 Å². The lowest BCUT2D eigenvalue weighted by Gasteiger charge is -2.42. The first-order chi connectivity index (χ1) is 12.1. The third-order valence-corrected chi connectivity index (χ3v) is 6.80. The molecule has 1 aliphatic heterocycles. The minimum Gasteiger partial charge on any atom is -0.497 e. The van der Waals surface area contributed by atoms with Crippen LogP contribution in [0.15, 0.2) is 24.3 Å². The molecule has 1 aromatic rings. The summed E-state index contributed by atoms with van der Waals surface area (Å²) >= 11 is 0. The molecule has 4 atom stereocenters. The summed E-state index contributed by atoms with van der Waals surface area (Å²) in [7, 11) is 1.70. The second kappa shape index (κ2) is 6.64. The van der Waals surface area contributed by atoms with E-state index in [1.807, 2.05) is 12.1 Å². The number of carbonyl (C=O) groups excluding carboxylic acids is 1. The molecular formula is C21H30N2O2. The molecule has 4 nitrogen and oxygen atoms in total. The highest BCUT2D eigenvalue weighted by molar-refractivity contribution is 5.84. The number of ether oxygens (including phenoxy) is 1. The van der Waals surface area contributed by atoms with E-state index in [0.29, 0.717) is 11.8 Å². The molecule has 136 valence electrons. The van der Waals surface area contributed by atoms with Crippen LogP contribution in [-0.2, 0) is 11.2 Å². The number of hydrogen-bond acceptors (Lipinski definition) is 3. The SMILES string of the molecule is COc1cccc(CC2(C(=O)N3CCCC(N)C3)CC3CCC2C3)c1. The van der Waals surface area contributed by atoms with Crippen LogP contribution in [0, 0.1) is 17.3 Å². The number of fused-ring (bicyclic) bond motifs is 2. The van der Waals surface area contributed by atoms with Crippen molar-refractivity contribution in [2.75, 3.05) is 20.2 Å². The second-order valence-corrected chi connectivity index (χ2v) is 8.42. The van der Waals surface area contributed by atoms with Crippen molar-refractivity contribution in [3.05, 3.63) is 29.8 Å². The van der Waals surface area contributed by atoms with Crippen LogP contribution in [0.1, 0.15) is 44.1 Å². The minimum absolute atomic E-state index is 0.144. The van der Waals surface area contributed by atoms with E-state index in [-0.39, 0.29) is 11.5 Å². The van der Waals surface area contributed by atoms with E-state index < -0.39 is 0 Å². The highest BCUT2D eigenvalue weighted by Crippen LogP contribution is 2.58. The fraction of sp³-hybridized carbons (Fsp3) is 0.667. The van der Waals surface area contributed by atoms with Gasteiger partial charge in [-0.15, -0.1) is 0 Å². The summed E-state index contributed by atoms with van der Waals surface area (Å²) < 4.78 is 5.39. The average Bonchev–Trinajstić information content (AvgIpc) is 3.23. The van der Waals surface area contributed by atoms with Crippen LogP contribution in [-0.4, -0.2) is 37.0 Å². The van der Waals surface area contributed by atoms with Gasteiger partial charge in [0.1, 0.15) is 5.75 Å². The lowest BCUT2D eigenvalue weighted by atomic mass is 9.68. The zero-order valence-corrected chi connectivity index (χ0v) is 15.2. The second-order valence-electron chi connectivity index (χ2n) is 8.42. The summed E-state index contributed by atoms with van der Waals surface area (Å²) in [5, 5.41) is 0. The topological polar surface area (TPSA) is 55.6 Å². The molecule has 1 aromatic carbocycles. The number of nitrogens with zero attached hydrogens (tertiary/aromatic N) is 1. The van der Waals surface area contributed by atoms with E-state index >= 15 is 0 Å². The van der Waals surface area contributed by atoms with Crippen molar-refractivity contribution >= 4 is 5.91 Å². The molecule has 1 heterocycles. The molecule has 4 rings (SSSR count). The summed E-state index contributed by atoms with van der Waals surface area (Å²) in [4.78, 5) is 15.7. The van der Waals surface area contributed by atoms with Crippen LogP contribution in [0.2, 0.25) is 0 Å². The smallest absolute Gasteiger partial charge is 0.229 e. The molecule has 4 unspecified atom stereocenters. The van der Waals surface area contributed by atoms with Gasteiger partial charge in [-0.05, 0) is 68.1 Å². The van der Waals surface area contributed by atoms with Crippen LogP contribution in [0.5, 0.6) is 5.75 Å². The third-order valence-electron chi connectivity index (χ3n) is 6.80. The van der Waals surface area contributed by atoms with Crippen LogP contribution >= 0.6 is 0 Å². The van der Waals surface area contributed by atoms with E-state index in [4.69, 9.17) is 10.5 Å². The Labute approximate surface area is 150 Å². The lowest BCUT2D eigenvalue weighted by molar-refractivity contribution is -0.146. The Morgan fingerprint density at radius 1 is 1.36 bits per heavy atom. The summed E-state index contributed by atoms with van der Waals surface area (Å²) in [5.74, 6) is 2.52. The van der Waals surface area contributed by atoms with Gasteiger partial charge in [-0.3, -0.25) is 4.79 Å². The van der Waals surface area contributed by atoms with Gasteiger partial charge < -0.3 is 15.4 Å². The van der Waals surface area contributed by atoms with Crippen molar-refractivity contribution < 1.29 is 9.53 Å². The standard InChI is InChI=1S/C21H30N2O2/c1-25-19-6-2-4-15(11-19)12-21(13-16-7-8-17(21)10-16)20(24)23-9-3-5-18(22)14-23/h2,4,6,11,16-18H,3,5,7-10,12-14,22H2,1H3. The zero-order chi connectivity index (χ0) is 17.4. The summed E-state index contributed by atoms with van der Waals surface area (Å²) in [6, 6.07) is 8.40. The molecule has 2 bridgehead atoms. The fourth-order valence-electron chi connectivity index (χ4n) is 5.65. The lowest BCUT2D eigenvalue weighted by Crippen LogP contribution is -2.53. The van der Waals surface area contributed by atoms with E-state index in [0.717, 1.165) is 50.4 Å². The Morgan fingerprint density at radius 3 is 2.92 bits per heavy atom. The van der Waals surface area contributed by atoms with Gasteiger partial charge in [-0.2, -0.15) is 0 Å². The maximum atomic E-state index is 13.7. The predicted molar refractivity (Wildman–Crippen MR) is 98.4 cm³/mol. The molecule has 1 amide bonds. The van der Waals surface area contributed by atoms with E-state index in [9.17, 15) is 4.79 Å². The first-order valence-electron chi connectivity index (χ1n) is 9.78. The summed E-state index contributed by atoms with van der Waals surface area (Å²) in [5.41, 5.74) is 7.17. The number of carbonyl (C=O) groups is 1. The third kappa shape index (κ3) is 3.05. The molecular weight excluding hydrogens is 312 g/mol. The minimum atomic E-state index is -0.216. The maximum Gasteiger partial charge on any atom is 0.229 e. The van der Waals surface area contributed by atoms with Gasteiger partial charge in [0.2, 0.25) is 5.91 Å². The molecule has 4 heteroatoms. The molecule has 0 aromatic heterocycles. The van der Waals surface area contributed by atoms with Gasteiger partial charge in [-0.1, -0.05) is 18.6 Å². The van der Waals surface area contributed by atoms with Crippen LogP contribution in [0.25, 0.3) is 0 Å². The average molecular weight is 342 g/mol. The number of amides is 1. The largest absolute Gasteiger partial charge is 0.497 e. The highest BCUT2D eigenvalue weighted by atomic mass is 16.5. The van der Waals surface area contributed by atoms with Crippen LogP contribution < -0.4 is 10.5 Å². The van der Waals surface area contributed by atoms with Crippen molar-refractivity contribution in [1.82, 2.24) is 4.90 Å². The molecule has 3 aliphatic rings. The predicted octanol–water partition coefficient (Wildman–Crippen LogP) is 2.99. The van der Waals surface area contributed by atoms with Gasteiger partial charge >= 0.3 is 0 Å². The molecule has 2 N–H and O–H groups in total. The quantitative estimate of drug-likeness (QED) is 0.915. The number of piperidine rings is 1. The Balaban J connectivity index is 1.62. The van der Waals surface area contributed by atoms with Gasteiger partial charge in [0.25, 0.3) is 0 Å². The Kier molecular flexibility index (Phi) is 4.48. The molecule has 1 saturated heterocycles. The molecule has 0 radical (unpaired) electrons. The van der Waals surface area contributed by atoms with Crippen LogP contribution in [0.4, 0.5) is 0 Å². The number of hydrogen-bond donors (Lipinski definition) is 1. The Hall–Kier alpha value is -1.55. The fourth-order valence-corrected chi connectivity index (χ4v) is 5.65. The zero-order valence-electron chi connectivity index (χ0n) is 15.2. The molecule has 0 spiro atoms. The van der Waals surface area contributed by atoms with E-state index in [2.05, 4.69) is 17.0 Å². The number of methoxy groups -OCH3 is 1. The normalized spacial score (nSPS) is 34.3. The molecule has 25 heavy (non-hydrogen) atoms. The molecule has 3 fully saturated rings. The van der Waals surface area contributed by atoms with Crippen LogP contribution in [0.3, 0.4) is 0 Å². The van der Waals surface area contributed by atoms with Crippen molar-refractivity contribution in [3.63, 3.8) is 0 Å². The maximum absolute atomic E-state index is 13.7. The Morgan fingerprint density at radius 2 is 2.24 bits per heavy atom. The number of rotatable bonds is 4. The number of benzene rings is 1. The van der Waals surface area contributed by atoms with Gasteiger partial charge in [-0.25, -0.2) is 0 Å². The van der Waals surface area contributed by atoms with Gasteiger partial charge in [0.05, 0.1) is 12.5 Å². The molecule has 2 aliphatic carbocycles. The molecule has 2 saturated carbocycles. The monoisotopic (exact) mass is 342 g/mol. The van der Waals surface area contributed by atoms with Crippen molar-refractivity contribution in [2.45, 2.75) is 51.0 Å². The highest BCUT2D eigenvalue weighted by Gasteiger charge is 2.56. The number of nitrogens with two attached hydrogens (primary N) is 1. The first kappa shape index (κ1) is 16.9. The number of likely N-dealkylation sites (tertiary alicyclic amines) is 1. The summed E-state index contributed by atoms with van der Waals surface area (Å²) in [6.07, 6.45) is 7.72. The Bertz CT molecular complexity index is 647. The van der Waals surface area contributed by atoms with Gasteiger partial charge in [0, 0.05) is 19.1 Å². The van der Waals surface area contributed by atoms with Crippen molar-refractivity contribution in [2.24, 2.45) is 23.0 Å². The summed E-state index contributed by atoms with van der Waals surface area (Å²) in [6.45, 7) is 1.61. The first-order valence-corrected chi connectivity index (χ1v) is 9.78.